The molecular formula is C27H46O2. The molecule has 0 aromatic rings. The maximum Gasteiger partial charge on any atom is 0.129 e. The molecule has 1 aliphatic rings. The average Bonchev–Trinajstić information content (AvgIpc) is 2.58. The number of allylic oxidation sites excluding steroid dienone is 4. The van der Waals surface area contributed by atoms with Crippen LogP contribution in [0.1, 0.15) is 114 Å². The summed E-state index contributed by atoms with van der Waals surface area (Å²) in [5, 5.41) is 0. The van der Waals surface area contributed by atoms with Crippen LogP contribution in [0.4, 0.5) is 0 Å². The van der Waals surface area contributed by atoms with Crippen LogP contribution in [-0.4, -0.2) is 11.6 Å². The molecule has 0 amide bonds. The number of carbonyl (C=O) groups is 2. The minimum absolute atomic E-state index is 0.128. The van der Waals surface area contributed by atoms with Gasteiger partial charge in [-0.15, -0.1) is 0 Å². The lowest BCUT2D eigenvalue weighted by atomic mass is 9.60. The molecule has 0 aromatic heterocycles. The highest BCUT2D eigenvalue weighted by Gasteiger charge is 2.39. The van der Waals surface area contributed by atoms with E-state index < -0.39 is 0 Å². The SMILES string of the molecule is CC(=O)CCC1CC(C(C)(C)CC/C=C(\C)C(C)(C)C)=CCC1(C)CCC(C)=O. The third-order valence-corrected chi connectivity index (χ3v) is 7.43. The standard InChI is InChI=1S/C27H46O2/c1-20(25(4,5)6)11-10-16-26(7,8)23-15-18-27(9,17-14-22(3)29)24(19-23)13-12-21(2)28/h11,15,24H,10,12-14,16-19H2,1-9H3/b20-11+. The van der Waals surface area contributed by atoms with Crippen LogP contribution < -0.4 is 0 Å². The van der Waals surface area contributed by atoms with Gasteiger partial charge >= 0.3 is 0 Å². The molecule has 0 saturated heterocycles. The van der Waals surface area contributed by atoms with Crippen molar-refractivity contribution < 1.29 is 9.59 Å². The van der Waals surface area contributed by atoms with Crippen molar-refractivity contribution in [3.05, 3.63) is 23.3 Å². The summed E-state index contributed by atoms with van der Waals surface area (Å²) in [4.78, 5) is 23.2. The normalized spacial score (nSPS) is 23.7. The van der Waals surface area contributed by atoms with E-state index >= 15 is 0 Å². The van der Waals surface area contributed by atoms with E-state index in [1.54, 1.807) is 19.4 Å². The topological polar surface area (TPSA) is 34.1 Å². The molecular weight excluding hydrogens is 356 g/mol. The molecule has 0 spiro atoms. The van der Waals surface area contributed by atoms with E-state index in [4.69, 9.17) is 0 Å². The van der Waals surface area contributed by atoms with Crippen molar-refractivity contribution in [3.8, 4) is 0 Å². The van der Waals surface area contributed by atoms with Gasteiger partial charge in [0.2, 0.25) is 0 Å². The monoisotopic (exact) mass is 402 g/mol. The Balaban J connectivity index is 2.93. The Labute approximate surface area is 180 Å². The summed E-state index contributed by atoms with van der Waals surface area (Å²) in [6.07, 6.45) is 12.4. The number of hydrogen-bond donors (Lipinski definition) is 0. The fourth-order valence-corrected chi connectivity index (χ4v) is 4.38. The number of ketones is 2. The first-order valence-electron chi connectivity index (χ1n) is 11.5. The number of hydrogen-bond acceptors (Lipinski definition) is 2. The van der Waals surface area contributed by atoms with Gasteiger partial charge in [-0.05, 0) is 81.5 Å². The Bertz CT molecular complexity index is 642. The van der Waals surface area contributed by atoms with Gasteiger partial charge in [0.05, 0.1) is 0 Å². The van der Waals surface area contributed by atoms with Crippen LogP contribution in [0, 0.1) is 22.2 Å². The zero-order chi connectivity index (χ0) is 22.5. The maximum atomic E-state index is 11.7. The summed E-state index contributed by atoms with van der Waals surface area (Å²) >= 11 is 0. The predicted octanol–water partition coefficient (Wildman–Crippen LogP) is 7.87. The molecule has 0 fully saturated rings. The van der Waals surface area contributed by atoms with E-state index in [0.717, 1.165) is 38.5 Å². The first-order chi connectivity index (χ1) is 13.2. The Morgan fingerprint density at radius 2 is 1.66 bits per heavy atom. The van der Waals surface area contributed by atoms with Gasteiger partial charge in [-0.25, -0.2) is 0 Å². The smallest absolute Gasteiger partial charge is 0.129 e. The average molecular weight is 403 g/mol. The lowest BCUT2D eigenvalue weighted by Gasteiger charge is -2.44. The fourth-order valence-electron chi connectivity index (χ4n) is 4.38. The van der Waals surface area contributed by atoms with Crippen molar-refractivity contribution >= 4 is 11.6 Å². The van der Waals surface area contributed by atoms with Crippen LogP contribution in [-0.2, 0) is 9.59 Å². The van der Waals surface area contributed by atoms with E-state index in [-0.39, 0.29) is 27.8 Å². The third kappa shape index (κ3) is 8.22. The van der Waals surface area contributed by atoms with Gasteiger partial charge in [-0.3, -0.25) is 0 Å². The molecule has 0 radical (unpaired) electrons. The number of rotatable bonds is 10. The molecule has 0 bridgehead atoms. The Kier molecular flexibility index (Phi) is 9.12. The highest BCUT2D eigenvalue weighted by atomic mass is 16.1. The Morgan fingerprint density at radius 1 is 1.07 bits per heavy atom. The van der Waals surface area contributed by atoms with Crippen molar-refractivity contribution in [2.45, 2.75) is 114 Å². The Hall–Kier alpha value is -1.18. The highest BCUT2D eigenvalue weighted by Crippen LogP contribution is 2.50. The predicted molar refractivity (Wildman–Crippen MR) is 125 cm³/mol. The minimum Gasteiger partial charge on any atom is -0.300 e. The second kappa shape index (κ2) is 10.2. The van der Waals surface area contributed by atoms with Crippen molar-refractivity contribution in [1.29, 1.82) is 0 Å². The number of carbonyl (C=O) groups excluding carboxylic acids is 2. The van der Waals surface area contributed by atoms with Crippen LogP contribution in [0.25, 0.3) is 0 Å². The van der Waals surface area contributed by atoms with Gasteiger partial charge in [-0.2, -0.15) is 0 Å². The first kappa shape index (κ1) is 25.9. The summed E-state index contributed by atoms with van der Waals surface area (Å²) in [5.41, 5.74) is 3.55. The van der Waals surface area contributed by atoms with Gasteiger partial charge in [0.15, 0.2) is 0 Å². The van der Waals surface area contributed by atoms with E-state index in [1.165, 1.54) is 5.57 Å². The highest BCUT2D eigenvalue weighted by molar-refractivity contribution is 5.75. The lowest BCUT2D eigenvalue weighted by Crippen LogP contribution is -2.34. The molecule has 0 saturated carbocycles. The lowest BCUT2D eigenvalue weighted by molar-refractivity contribution is -0.119. The molecule has 2 heteroatoms. The van der Waals surface area contributed by atoms with Crippen molar-refractivity contribution in [2.75, 3.05) is 0 Å². The van der Waals surface area contributed by atoms with Crippen LogP contribution in [0.15, 0.2) is 23.3 Å². The molecule has 2 atom stereocenters. The van der Waals surface area contributed by atoms with E-state index in [0.29, 0.717) is 18.8 Å². The molecule has 0 heterocycles. The minimum atomic E-state index is 0.128. The molecule has 0 aromatic carbocycles. The summed E-state index contributed by atoms with van der Waals surface area (Å²) in [7, 11) is 0. The molecule has 0 N–H and O–H groups in total. The van der Waals surface area contributed by atoms with Crippen molar-refractivity contribution in [3.63, 3.8) is 0 Å². The zero-order valence-electron chi connectivity index (χ0n) is 20.7. The van der Waals surface area contributed by atoms with Gasteiger partial charge < -0.3 is 9.59 Å². The van der Waals surface area contributed by atoms with E-state index in [9.17, 15) is 9.59 Å². The van der Waals surface area contributed by atoms with Gasteiger partial charge in [0, 0.05) is 12.8 Å². The summed E-state index contributed by atoms with van der Waals surface area (Å²) < 4.78 is 0. The van der Waals surface area contributed by atoms with E-state index in [2.05, 4.69) is 60.6 Å². The number of Topliss-reactive ketones (excluding diaryl/α,β-unsaturated/α-hetero) is 2. The van der Waals surface area contributed by atoms with Crippen LogP contribution in [0.2, 0.25) is 0 Å². The fraction of sp³-hybridized carbons (Fsp3) is 0.778. The van der Waals surface area contributed by atoms with Crippen molar-refractivity contribution in [2.24, 2.45) is 22.2 Å². The van der Waals surface area contributed by atoms with Crippen LogP contribution in [0.3, 0.4) is 0 Å². The largest absolute Gasteiger partial charge is 0.300 e. The molecule has 1 rings (SSSR count). The quantitative estimate of drug-likeness (QED) is 0.348. The van der Waals surface area contributed by atoms with Gasteiger partial charge in [-0.1, -0.05) is 64.8 Å². The van der Waals surface area contributed by atoms with Gasteiger partial charge in [0.25, 0.3) is 0 Å². The molecule has 2 unspecified atom stereocenters. The zero-order valence-corrected chi connectivity index (χ0v) is 20.7. The van der Waals surface area contributed by atoms with E-state index in [1.807, 2.05) is 0 Å². The molecule has 166 valence electrons. The molecule has 29 heavy (non-hydrogen) atoms. The molecule has 1 aliphatic carbocycles. The van der Waals surface area contributed by atoms with Crippen LogP contribution in [0.5, 0.6) is 0 Å². The summed E-state index contributed by atoms with van der Waals surface area (Å²) in [6, 6.07) is 0. The van der Waals surface area contributed by atoms with Gasteiger partial charge in [0.1, 0.15) is 11.6 Å². The summed E-state index contributed by atoms with van der Waals surface area (Å²) in [6.45, 7) is 19.5. The van der Waals surface area contributed by atoms with Crippen molar-refractivity contribution in [1.82, 2.24) is 0 Å². The molecule has 2 nitrogen and oxygen atoms in total. The summed E-state index contributed by atoms with van der Waals surface area (Å²) in [5.74, 6) is 1.03. The second-order valence-corrected chi connectivity index (χ2v) is 11.5. The Morgan fingerprint density at radius 3 is 2.17 bits per heavy atom. The maximum absolute atomic E-state index is 11.7. The third-order valence-electron chi connectivity index (χ3n) is 7.43. The second-order valence-electron chi connectivity index (χ2n) is 11.5. The van der Waals surface area contributed by atoms with Crippen LogP contribution >= 0.6 is 0 Å². The first-order valence-corrected chi connectivity index (χ1v) is 11.5. The molecule has 0 aliphatic heterocycles.